The molecule has 15 unspecified atom stereocenters. The Balaban J connectivity index is 2.47. The summed E-state index contributed by atoms with van der Waals surface area (Å²) >= 11 is 0. The van der Waals surface area contributed by atoms with E-state index in [4.69, 9.17) is 33.2 Å². The van der Waals surface area contributed by atoms with Crippen LogP contribution >= 0.6 is 0 Å². The Morgan fingerprint density at radius 1 is 1.04 bits per heavy atom. The Kier molecular flexibility index (Phi) is 18.8. The predicted molar refractivity (Wildman–Crippen MR) is 203 cm³/mol. The smallest absolute Gasteiger partial charge is 0.311 e. The van der Waals surface area contributed by atoms with Crippen molar-refractivity contribution in [2.75, 3.05) is 34.9 Å². The SMILES string of the molecule is CCC(C)CNC(C)C(O)C(C)(O)[C@@H](CC)OC(=O)C(C)C(OC1CC(C)(OC)C(=O)C(C)O1)C(C)C(OC1OC(C)CC(N(C)C)C1OC)C(C)C. The van der Waals surface area contributed by atoms with Gasteiger partial charge in [0.1, 0.15) is 35.6 Å². The number of esters is 1. The molecule has 2 aliphatic rings. The van der Waals surface area contributed by atoms with E-state index in [0.717, 1.165) is 12.8 Å². The second-order valence-electron chi connectivity index (χ2n) is 16.8. The fourth-order valence-corrected chi connectivity index (χ4v) is 7.79. The van der Waals surface area contributed by atoms with Crippen LogP contribution in [0.1, 0.15) is 109 Å². The van der Waals surface area contributed by atoms with E-state index >= 15 is 0 Å². The molecule has 0 aliphatic carbocycles. The van der Waals surface area contributed by atoms with Crippen molar-refractivity contribution >= 4 is 11.8 Å². The number of hydrogen-bond acceptors (Lipinski definition) is 13. The van der Waals surface area contributed by atoms with Gasteiger partial charge in [0.25, 0.3) is 0 Å². The Bertz CT molecular complexity index is 1120. The molecule has 0 aromatic carbocycles. The predicted octanol–water partition coefficient (Wildman–Crippen LogP) is 4.33. The number of nitrogens with zero attached hydrogens (tertiary/aromatic N) is 1. The van der Waals surface area contributed by atoms with E-state index in [-0.39, 0.29) is 42.8 Å². The highest BCUT2D eigenvalue weighted by Gasteiger charge is 2.50. The zero-order valence-electron chi connectivity index (χ0n) is 35.7. The molecule has 13 heteroatoms. The second kappa shape index (κ2) is 20.8. The minimum Gasteiger partial charge on any atom is -0.459 e. The number of nitrogens with one attached hydrogen (secondary N) is 1. The zero-order chi connectivity index (χ0) is 40.6. The lowest BCUT2D eigenvalue weighted by atomic mass is 9.83. The number of ketones is 1. The molecule has 3 N–H and O–H groups in total. The zero-order valence-corrected chi connectivity index (χ0v) is 35.7. The molecule has 0 aromatic heterocycles. The van der Waals surface area contributed by atoms with E-state index in [9.17, 15) is 19.8 Å². The van der Waals surface area contributed by atoms with Gasteiger partial charge in [-0.1, -0.05) is 48.0 Å². The number of Topliss-reactive ketones (excluding diaryl/α,β-unsaturated/α-hetero) is 1. The van der Waals surface area contributed by atoms with Gasteiger partial charge in [-0.15, -0.1) is 0 Å². The summed E-state index contributed by atoms with van der Waals surface area (Å²) in [5.74, 6) is -1.77. The van der Waals surface area contributed by atoms with Gasteiger partial charge < -0.3 is 53.6 Å². The van der Waals surface area contributed by atoms with Crippen LogP contribution in [0.25, 0.3) is 0 Å². The van der Waals surface area contributed by atoms with Gasteiger partial charge in [-0.25, -0.2) is 0 Å². The Morgan fingerprint density at radius 3 is 2.17 bits per heavy atom. The first-order valence-electron chi connectivity index (χ1n) is 19.8. The van der Waals surface area contributed by atoms with E-state index in [1.165, 1.54) is 14.0 Å². The standard InChI is InChI=1S/C40H76N2O11/c1-17-23(5)21-41-27(9)35(43)40(12,46)30(18-2)51-37(45)26(8)33(52-31-20-39(11,48-16)36(44)28(10)50-31)25(7)32(22(3)4)53-38-34(47-15)29(42(13)14)19-24(6)49-38/h22-35,38,41,43,46H,17-21H2,1-16H3/t23?,24?,25?,26?,27?,28?,29?,30-,31?,32?,33?,34?,35?,38?,39?,40?/m1/s1. The average molecular weight is 761 g/mol. The summed E-state index contributed by atoms with van der Waals surface area (Å²) < 4.78 is 43.7. The molecular weight excluding hydrogens is 684 g/mol. The molecule has 0 saturated carbocycles. The number of likely N-dealkylation sites (N-methyl/N-ethyl adjacent to an activating group) is 1. The van der Waals surface area contributed by atoms with Crippen molar-refractivity contribution < 1.29 is 53.0 Å². The third-order valence-electron chi connectivity index (χ3n) is 11.8. The number of ether oxygens (including phenoxy) is 7. The van der Waals surface area contributed by atoms with Crippen LogP contribution in [0, 0.1) is 23.7 Å². The maximum atomic E-state index is 14.2. The maximum absolute atomic E-state index is 14.2. The van der Waals surface area contributed by atoms with Crippen molar-refractivity contribution in [3.8, 4) is 0 Å². The molecule has 0 amide bonds. The van der Waals surface area contributed by atoms with Crippen molar-refractivity contribution in [2.24, 2.45) is 23.7 Å². The summed E-state index contributed by atoms with van der Waals surface area (Å²) in [4.78, 5) is 29.4. The van der Waals surface area contributed by atoms with Crippen LogP contribution in [0.2, 0.25) is 0 Å². The lowest BCUT2D eigenvalue weighted by Gasteiger charge is -2.46. The average Bonchev–Trinajstić information content (AvgIpc) is 3.10. The van der Waals surface area contributed by atoms with E-state index in [0.29, 0.717) is 12.5 Å². The molecular formula is C40H76N2O11. The topological polar surface area (TPSA) is 154 Å². The first-order chi connectivity index (χ1) is 24.6. The second-order valence-corrected chi connectivity index (χ2v) is 16.8. The third-order valence-corrected chi connectivity index (χ3v) is 11.8. The van der Waals surface area contributed by atoms with Gasteiger partial charge in [0.05, 0.1) is 24.2 Å². The number of carbonyl (C=O) groups is 2. The molecule has 0 spiro atoms. The van der Waals surface area contributed by atoms with Gasteiger partial charge in [-0.05, 0) is 86.9 Å². The van der Waals surface area contributed by atoms with E-state index < -0.39 is 78.1 Å². The van der Waals surface area contributed by atoms with Crippen molar-refractivity contribution in [1.29, 1.82) is 0 Å². The Labute approximate surface area is 320 Å². The van der Waals surface area contributed by atoms with Crippen LogP contribution in [0.4, 0.5) is 0 Å². The van der Waals surface area contributed by atoms with E-state index in [1.807, 2.05) is 48.7 Å². The third kappa shape index (κ3) is 12.1. The minimum atomic E-state index is -1.76. The summed E-state index contributed by atoms with van der Waals surface area (Å²) in [7, 11) is 7.17. The van der Waals surface area contributed by atoms with Crippen LogP contribution in [-0.4, -0.2) is 140 Å². The van der Waals surface area contributed by atoms with Crippen molar-refractivity contribution in [3.05, 3.63) is 0 Å². The number of hydrogen-bond donors (Lipinski definition) is 3. The van der Waals surface area contributed by atoms with Gasteiger partial charge in [0, 0.05) is 38.6 Å². The fourth-order valence-electron chi connectivity index (χ4n) is 7.79. The van der Waals surface area contributed by atoms with Crippen LogP contribution < -0.4 is 5.32 Å². The molecule has 13 nitrogen and oxygen atoms in total. The summed E-state index contributed by atoms with van der Waals surface area (Å²) in [6.07, 6.45) is -4.23. The van der Waals surface area contributed by atoms with Crippen LogP contribution in [0.3, 0.4) is 0 Å². The lowest BCUT2D eigenvalue weighted by Crippen LogP contribution is -2.59. The van der Waals surface area contributed by atoms with Gasteiger partial charge >= 0.3 is 5.97 Å². The summed E-state index contributed by atoms with van der Waals surface area (Å²) in [6, 6.07) is -0.401. The number of aliphatic hydroxyl groups is 2. The van der Waals surface area contributed by atoms with E-state index in [1.54, 1.807) is 34.8 Å². The highest BCUT2D eigenvalue weighted by atomic mass is 16.7. The molecule has 0 aromatic rings. The number of rotatable bonds is 21. The van der Waals surface area contributed by atoms with Gasteiger partial charge in [0.15, 0.2) is 18.4 Å². The first kappa shape index (κ1) is 47.9. The fraction of sp³-hybridized carbons (Fsp3) is 0.950. The Hall–Kier alpha value is -1.26. The minimum absolute atomic E-state index is 0.0452. The molecule has 312 valence electrons. The first-order valence-corrected chi connectivity index (χ1v) is 19.8. The van der Waals surface area contributed by atoms with Crippen LogP contribution in [-0.2, 0) is 42.7 Å². The van der Waals surface area contributed by atoms with Gasteiger partial charge in [-0.2, -0.15) is 0 Å². The maximum Gasteiger partial charge on any atom is 0.311 e. The van der Waals surface area contributed by atoms with Gasteiger partial charge in [0.2, 0.25) is 0 Å². The van der Waals surface area contributed by atoms with Crippen LogP contribution in [0.15, 0.2) is 0 Å². The van der Waals surface area contributed by atoms with Crippen LogP contribution in [0.5, 0.6) is 0 Å². The van der Waals surface area contributed by atoms with Gasteiger partial charge in [-0.3, -0.25) is 9.59 Å². The Morgan fingerprint density at radius 2 is 1.66 bits per heavy atom. The van der Waals surface area contributed by atoms with E-state index in [2.05, 4.69) is 24.1 Å². The van der Waals surface area contributed by atoms with Crippen molar-refractivity contribution in [3.63, 3.8) is 0 Å². The number of aliphatic hydroxyl groups excluding tert-OH is 1. The summed E-state index contributed by atoms with van der Waals surface area (Å²) in [5, 5.41) is 26.3. The molecule has 0 bridgehead atoms. The number of methoxy groups -OCH3 is 2. The van der Waals surface area contributed by atoms with Crippen molar-refractivity contribution in [1.82, 2.24) is 10.2 Å². The molecule has 2 heterocycles. The molecule has 2 aliphatic heterocycles. The molecule has 53 heavy (non-hydrogen) atoms. The monoisotopic (exact) mass is 761 g/mol. The highest BCUT2D eigenvalue weighted by molar-refractivity contribution is 5.91. The highest BCUT2D eigenvalue weighted by Crippen LogP contribution is 2.37. The quantitative estimate of drug-likeness (QED) is 0.142. The number of carbonyl (C=O) groups excluding carboxylic acids is 2. The molecule has 2 saturated heterocycles. The summed E-state index contributed by atoms with van der Waals surface area (Å²) in [6.45, 7) is 23.2. The largest absolute Gasteiger partial charge is 0.459 e. The molecule has 0 radical (unpaired) electrons. The molecule has 2 rings (SSSR count). The lowest BCUT2D eigenvalue weighted by molar-refractivity contribution is -0.295. The summed E-state index contributed by atoms with van der Waals surface area (Å²) in [5.41, 5.74) is -2.90. The van der Waals surface area contributed by atoms with Crippen molar-refractivity contribution in [2.45, 2.75) is 187 Å². The molecule has 16 atom stereocenters. The molecule has 2 fully saturated rings. The normalized spacial score (nSPS) is 32.7.